The number of phenolic OH excluding ortho intramolecular Hbond substituents is 1. The van der Waals surface area contributed by atoms with E-state index in [2.05, 4.69) is 0 Å². The van der Waals surface area contributed by atoms with Crippen LogP contribution in [0.5, 0.6) is 5.75 Å². The van der Waals surface area contributed by atoms with Gasteiger partial charge in [0.15, 0.2) is 0 Å². The van der Waals surface area contributed by atoms with Crippen LogP contribution in [-0.2, 0) is 10.0 Å². The molecule has 0 amide bonds. The number of carbonyl (C=O) groups is 1. The van der Waals surface area contributed by atoms with Crippen LogP contribution in [0.4, 0.5) is 0 Å². The van der Waals surface area contributed by atoms with Crippen molar-refractivity contribution in [1.82, 2.24) is 0 Å². The van der Waals surface area contributed by atoms with E-state index in [1.807, 2.05) is 0 Å². The molecule has 1 aromatic carbocycles. The molecular formula is C7H7NO4S. The first-order valence-electron chi connectivity index (χ1n) is 3.25. The Bertz CT molecular complexity index is 438. The Balaban J connectivity index is 3.41. The zero-order valence-corrected chi connectivity index (χ0v) is 7.28. The molecule has 0 heterocycles. The molecule has 5 nitrogen and oxygen atoms in total. The molecule has 0 aliphatic rings. The van der Waals surface area contributed by atoms with Crippen LogP contribution in [0, 0.1) is 0 Å². The summed E-state index contributed by atoms with van der Waals surface area (Å²) in [7, 11) is -3.88. The Morgan fingerprint density at radius 2 is 1.92 bits per heavy atom. The molecule has 13 heavy (non-hydrogen) atoms. The number of primary sulfonamides is 1. The monoisotopic (exact) mass is 201 g/mol. The van der Waals surface area contributed by atoms with Crippen LogP contribution in [0.2, 0.25) is 0 Å². The lowest BCUT2D eigenvalue weighted by Gasteiger charge is -1.99. The summed E-state index contributed by atoms with van der Waals surface area (Å²) >= 11 is 0. The average molecular weight is 201 g/mol. The third-order valence-electron chi connectivity index (χ3n) is 1.38. The fourth-order valence-corrected chi connectivity index (χ4v) is 1.42. The van der Waals surface area contributed by atoms with Crippen molar-refractivity contribution in [2.45, 2.75) is 4.90 Å². The molecule has 3 N–H and O–H groups in total. The second-order valence-electron chi connectivity index (χ2n) is 2.42. The summed E-state index contributed by atoms with van der Waals surface area (Å²) in [6.07, 6.45) is 0.425. The summed E-state index contributed by atoms with van der Waals surface area (Å²) in [6.45, 7) is 0. The van der Waals surface area contributed by atoms with Crippen molar-refractivity contribution in [3.8, 4) is 5.75 Å². The number of aromatic hydroxyl groups is 1. The van der Waals surface area contributed by atoms with E-state index >= 15 is 0 Å². The fourth-order valence-electron chi connectivity index (χ4n) is 0.838. The van der Waals surface area contributed by atoms with Gasteiger partial charge in [-0.3, -0.25) is 4.79 Å². The highest BCUT2D eigenvalue weighted by atomic mass is 32.2. The second kappa shape index (κ2) is 3.15. The third kappa shape index (κ3) is 2.27. The first-order valence-corrected chi connectivity index (χ1v) is 4.80. The lowest BCUT2D eigenvalue weighted by Crippen LogP contribution is -2.12. The summed E-state index contributed by atoms with van der Waals surface area (Å²) < 4.78 is 21.6. The molecule has 1 rings (SSSR count). The molecule has 0 unspecified atom stereocenters. The molecule has 6 heteroatoms. The van der Waals surface area contributed by atoms with E-state index in [1.165, 1.54) is 0 Å². The highest BCUT2D eigenvalue weighted by Gasteiger charge is 2.09. The minimum absolute atomic E-state index is 0.0593. The number of nitrogens with two attached hydrogens (primary N) is 1. The standard InChI is InChI=1S/C7H7NO4S/c8-13(11,12)7-2-5(4-9)1-6(10)3-7/h1-4,10H,(H2,8,11,12). The Kier molecular flexibility index (Phi) is 2.35. The Hall–Kier alpha value is -1.40. The largest absolute Gasteiger partial charge is 0.508 e. The topological polar surface area (TPSA) is 97.5 Å². The van der Waals surface area contributed by atoms with Crippen molar-refractivity contribution in [3.63, 3.8) is 0 Å². The zero-order chi connectivity index (χ0) is 10.1. The summed E-state index contributed by atoms with van der Waals surface area (Å²) in [5.74, 6) is -0.311. The predicted molar refractivity (Wildman–Crippen MR) is 44.9 cm³/mol. The summed E-state index contributed by atoms with van der Waals surface area (Å²) in [6, 6.07) is 3.20. The van der Waals surface area contributed by atoms with Gasteiger partial charge < -0.3 is 5.11 Å². The Labute approximate surface area is 74.9 Å². The molecule has 0 saturated heterocycles. The number of aldehydes is 1. The third-order valence-corrected chi connectivity index (χ3v) is 2.27. The molecule has 0 aromatic heterocycles. The lowest BCUT2D eigenvalue weighted by molar-refractivity contribution is 0.112. The van der Waals surface area contributed by atoms with E-state index in [-0.39, 0.29) is 16.2 Å². The molecule has 0 radical (unpaired) electrons. The number of sulfonamides is 1. The smallest absolute Gasteiger partial charge is 0.238 e. The molecule has 0 saturated carbocycles. The van der Waals surface area contributed by atoms with Gasteiger partial charge in [0.1, 0.15) is 12.0 Å². The van der Waals surface area contributed by atoms with E-state index in [0.29, 0.717) is 6.29 Å². The van der Waals surface area contributed by atoms with Crippen LogP contribution in [-0.4, -0.2) is 19.8 Å². The SMILES string of the molecule is NS(=O)(=O)c1cc(O)cc(C=O)c1. The van der Waals surface area contributed by atoms with Crippen LogP contribution < -0.4 is 5.14 Å². The predicted octanol–water partition coefficient (Wildman–Crippen LogP) is -0.148. The Morgan fingerprint density at radius 3 is 2.38 bits per heavy atom. The zero-order valence-electron chi connectivity index (χ0n) is 6.47. The minimum atomic E-state index is -3.88. The van der Waals surface area contributed by atoms with Gasteiger partial charge in [0, 0.05) is 5.56 Å². The average Bonchev–Trinajstić information content (AvgIpc) is 2.01. The highest BCUT2D eigenvalue weighted by molar-refractivity contribution is 7.89. The van der Waals surface area contributed by atoms with Crippen molar-refractivity contribution in [2.24, 2.45) is 5.14 Å². The maximum atomic E-state index is 10.8. The quantitative estimate of drug-likeness (QED) is 0.650. The number of hydrogen-bond donors (Lipinski definition) is 2. The van der Waals surface area contributed by atoms with Crippen LogP contribution >= 0.6 is 0 Å². The molecule has 0 bridgehead atoms. The molecule has 0 fully saturated rings. The van der Waals surface area contributed by atoms with Gasteiger partial charge in [0.05, 0.1) is 4.90 Å². The molecule has 70 valence electrons. The van der Waals surface area contributed by atoms with E-state index < -0.39 is 10.0 Å². The number of carbonyl (C=O) groups excluding carboxylic acids is 1. The summed E-state index contributed by atoms with van der Waals surface area (Å²) in [5, 5.41) is 13.8. The van der Waals surface area contributed by atoms with Gasteiger partial charge in [-0.2, -0.15) is 0 Å². The van der Waals surface area contributed by atoms with Gasteiger partial charge in [0.25, 0.3) is 0 Å². The van der Waals surface area contributed by atoms with E-state index in [9.17, 15) is 13.2 Å². The van der Waals surface area contributed by atoms with Gasteiger partial charge in [-0.1, -0.05) is 0 Å². The Morgan fingerprint density at radius 1 is 1.31 bits per heavy atom. The summed E-state index contributed by atoms with van der Waals surface area (Å²) in [4.78, 5) is 10.0. The van der Waals surface area contributed by atoms with E-state index in [1.54, 1.807) is 0 Å². The summed E-state index contributed by atoms with van der Waals surface area (Å²) in [5.41, 5.74) is 0.0593. The maximum Gasteiger partial charge on any atom is 0.238 e. The van der Waals surface area contributed by atoms with Crippen molar-refractivity contribution in [3.05, 3.63) is 23.8 Å². The van der Waals surface area contributed by atoms with Gasteiger partial charge in [-0.25, -0.2) is 13.6 Å². The molecule has 0 atom stereocenters. The van der Waals surface area contributed by atoms with Gasteiger partial charge in [-0.15, -0.1) is 0 Å². The first kappa shape index (κ1) is 9.69. The number of rotatable bonds is 2. The van der Waals surface area contributed by atoms with Gasteiger partial charge in [0.2, 0.25) is 10.0 Å². The molecular weight excluding hydrogens is 194 g/mol. The van der Waals surface area contributed by atoms with Crippen LogP contribution in [0.3, 0.4) is 0 Å². The van der Waals surface area contributed by atoms with Crippen molar-refractivity contribution >= 4 is 16.3 Å². The maximum absolute atomic E-state index is 10.8. The van der Waals surface area contributed by atoms with E-state index in [4.69, 9.17) is 10.2 Å². The molecule has 0 aliphatic heterocycles. The second-order valence-corrected chi connectivity index (χ2v) is 3.98. The van der Waals surface area contributed by atoms with E-state index in [0.717, 1.165) is 18.2 Å². The molecule has 1 aromatic rings. The molecule has 0 aliphatic carbocycles. The first-order chi connectivity index (χ1) is 5.93. The fraction of sp³-hybridized carbons (Fsp3) is 0. The lowest BCUT2D eigenvalue weighted by atomic mass is 10.2. The van der Waals surface area contributed by atoms with Crippen molar-refractivity contribution in [1.29, 1.82) is 0 Å². The van der Waals surface area contributed by atoms with Crippen LogP contribution in [0.25, 0.3) is 0 Å². The number of phenols is 1. The van der Waals surface area contributed by atoms with Crippen LogP contribution in [0.15, 0.2) is 23.1 Å². The molecule has 0 spiro atoms. The van der Waals surface area contributed by atoms with Crippen molar-refractivity contribution in [2.75, 3.05) is 0 Å². The van der Waals surface area contributed by atoms with Crippen molar-refractivity contribution < 1.29 is 18.3 Å². The minimum Gasteiger partial charge on any atom is -0.508 e. The normalized spacial score (nSPS) is 11.2. The van der Waals surface area contributed by atoms with Gasteiger partial charge >= 0.3 is 0 Å². The van der Waals surface area contributed by atoms with Crippen LogP contribution in [0.1, 0.15) is 10.4 Å². The van der Waals surface area contributed by atoms with Gasteiger partial charge in [-0.05, 0) is 18.2 Å². The number of benzene rings is 1. The highest BCUT2D eigenvalue weighted by Crippen LogP contribution is 2.17. The number of hydrogen-bond acceptors (Lipinski definition) is 4.